The van der Waals surface area contributed by atoms with Crippen LogP contribution in [0, 0.1) is 0 Å². The second-order valence-corrected chi connectivity index (χ2v) is 6.78. The highest BCUT2D eigenvalue weighted by molar-refractivity contribution is 7.90. The Morgan fingerprint density at radius 1 is 1.28 bits per heavy atom. The van der Waals surface area contributed by atoms with Crippen molar-refractivity contribution in [1.82, 2.24) is 19.3 Å². The summed E-state index contributed by atoms with van der Waals surface area (Å²) in [5.41, 5.74) is 6.14. The largest absolute Gasteiger partial charge is 0.384 e. The number of benzene rings is 1. The van der Waals surface area contributed by atoms with Crippen LogP contribution in [-0.4, -0.2) is 36.0 Å². The molecule has 1 unspecified atom stereocenters. The number of rotatable bonds is 5. The van der Waals surface area contributed by atoms with E-state index in [1.807, 2.05) is 4.72 Å². The molecule has 3 N–H and O–H groups in total. The molecule has 0 aliphatic carbocycles. The molecule has 1 aromatic carbocycles. The summed E-state index contributed by atoms with van der Waals surface area (Å²) in [4.78, 5) is 16.1. The van der Waals surface area contributed by atoms with Gasteiger partial charge in [0, 0.05) is 13.3 Å². The second-order valence-electron chi connectivity index (χ2n) is 5.13. The molecule has 2 heterocycles. The van der Waals surface area contributed by atoms with E-state index in [1.165, 1.54) is 23.9 Å². The van der Waals surface area contributed by atoms with E-state index in [0.29, 0.717) is 5.56 Å². The van der Waals surface area contributed by atoms with Crippen molar-refractivity contribution in [2.75, 3.05) is 12.8 Å². The standard InChI is InChI=1S/C15H15N5O4S/c1-24-13(10-5-3-2-4-6-10)15(21)19-25(22,23)11-9-17-20-8-7-12(16)18-14(11)20/h2-9,13H,1H3,(H2,16,18)(H,19,21). The van der Waals surface area contributed by atoms with Gasteiger partial charge in [-0.2, -0.15) is 5.10 Å². The summed E-state index contributed by atoms with van der Waals surface area (Å²) >= 11 is 0. The van der Waals surface area contributed by atoms with Crippen LogP contribution in [-0.2, 0) is 19.6 Å². The van der Waals surface area contributed by atoms with Crippen molar-refractivity contribution < 1.29 is 17.9 Å². The number of carbonyl (C=O) groups excluding carboxylic acids is 1. The molecule has 3 rings (SSSR count). The fraction of sp³-hybridized carbons (Fsp3) is 0.133. The van der Waals surface area contributed by atoms with Crippen molar-refractivity contribution in [2.45, 2.75) is 11.0 Å². The normalized spacial score (nSPS) is 12.8. The summed E-state index contributed by atoms with van der Waals surface area (Å²) in [6, 6.07) is 10.0. The Morgan fingerprint density at radius 3 is 2.68 bits per heavy atom. The predicted octanol–water partition coefficient (Wildman–Crippen LogP) is 0.504. The molecule has 0 aliphatic heterocycles. The van der Waals surface area contributed by atoms with Crippen LogP contribution in [0.25, 0.3) is 5.65 Å². The fourth-order valence-corrected chi connectivity index (χ4v) is 3.36. The minimum atomic E-state index is -4.20. The second kappa shape index (κ2) is 6.49. The van der Waals surface area contributed by atoms with E-state index in [-0.39, 0.29) is 16.4 Å². The zero-order valence-electron chi connectivity index (χ0n) is 13.2. The Kier molecular flexibility index (Phi) is 4.38. The van der Waals surface area contributed by atoms with Gasteiger partial charge in [0.05, 0.1) is 6.20 Å². The zero-order chi connectivity index (χ0) is 18.0. The third-order valence-corrected chi connectivity index (χ3v) is 4.80. The summed E-state index contributed by atoms with van der Waals surface area (Å²) in [6.45, 7) is 0. The summed E-state index contributed by atoms with van der Waals surface area (Å²) in [6.07, 6.45) is 1.50. The summed E-state index contributed by atoms with van der Waals surface area (Å²) < 4.78 is 33.5. The van der Waals surface area contributed by atoms with E-state index in [1.54, 1.807) is 30.3 Å². The number of sulfonamides is 1. The van der Waals surface area contributed by atoms with Gasteiger partial charge in [-0.05, 0) is 11.6 Å². The third-order valence-electron chi connectivity index (χ3n) is 3.46. The Morgan fingerprint density at radius 2 is 2.00 bits per heavy atom. The monoisotopic (exact) mass is 361 g/mol. The minimum absolute atomic E-state index is 0.0222. The molecule has 0 radical (unpaired) electrons. The molecule has 0 spiro atoms. The van der Waals surface area contributed by atoms with Gasteiger partial charge in [-0.1, -0.05) is 30.3 Å². The van der Waals surface area contributed by atoms with E-state index in [2.05, 4.69) is 10.1 Å². The molecule has 1 amide bonds. The Bertz CT molecular complexity index is 1020. The molecule has 130 valence electrons. The number of fused-ring (bicyclic) bond motifs is 1. The predicted molar refractivity (Wildman–Crippen MR) is 88.9 cm³/mol. The van der Waals surface area contributed by atoms with Gasteiger partial charge in [0.15, 0.2) is 16.6 Å². The molecule has 0 saturated heterocycles. The molecule has 1 atom stereocenters. The van der Waals surface area contributed by atoms with Gasteiger partial charge in [0.2, 0.25) is 0 Å². The smallest absolute Gasteiger partial charge is 0.269 e. The first kappa shape index (κ1) is 16.9. The van der Waals surface area contributed by atoms with Crippen molar-refractivity contribution >= 4 is 27.4 Å². The average Bonchev–Trinajstić information content (AvgIpc) is 3.00. The highest BCUT2D eigenvalue weighted by Gasteiger charge is 2.28. The number of hydrogen-bond acceptors (Lipinski definition) is 7. The molecule has 0 aliphatic rings. The quantitative estimate of drug-likeness (QED) is 0.677. The number of carbonyl (C=O) groups is 1. The van der Waals surface area contributed by atoms with Crippen LogP contribution >= 0.6 is 0 Å². The number of nitrogens with one attached hydrogen (secondary N) is 1. The van der Waals surface area contributed by atoms with Crippen molar-refractivity contribution in [3.8, 4) is 0 Å². The minimum Gasteiger partial charge on any atom is -0.384 e. The Labute approximate surface area is 143 Å². The topological polar surface area (TPSA) is 129 Å². The first-order valence-electron chi connectivity index (χ1n) is 7.16. The summed E-state index contributed by atoms with van der Waals surface area (Å²) in [5.74, 6) is -0.688. The SMILES string of the molecule is COC(C(=O)NS(=O)(=O)c1cnn2ccc(N)nc12)c1ccccc1. The third kappa shape index (κ3) is 3.30. The maximum atomic E-state index is 12.6. The van der Waals surface area contributed by atoms with Crippen LogP contribution < -0.4 is 10.5 Å². The molecule has 10 heteroatoms. The van der Waals surface area contributed by atoms with Crippen LogP contribution in [0.1, 0.15) is 11.7 Å². The van der Waals surface area contributed by atoms with Crippen molar-refractivity contribution in [1.29, 1.82) is 0 Å². The lowest BCUT2D eigenvalue weighted by Gasteiger charge is -2.15. The lowest BCUT2D eigenvalue weighted by molar-refractivity contribution is -0.129. The highest BCUT2D eigenvalue weighted by Crippen LogP contribution is 2.19. The molecule has 0 fully saturated rings. The van der Waals surface area contributed by atoms with E-state index < -0.39 is 22.0 Å². The van der Waals surface area contributed by atoms with Gasteiger partial charge in [0.25, 0.3) is 15.9 Å². The first-order valence-corrected chi connectivity index (χ1v) is 8.65. The lowest BCUT2D eigenvalue weighted by atomic mass is 10.1. The number of nitrogens with zero attached hydrogens (tertiary/aromatic N) is 3. The Balaban J connectivity index is 1.92. The maximum absolute atomic E-state index is 12.6. The molecule has 3 aromatic rings. The average molecular weight is 361 g/mol. The van der Waals surface area contributed by atoms with Crippen LogP contribution in [0.2, 0.25) is 0 Å². The van der Waals surface area contributed by atoms with Gasteiger partial charge >= 0.3 is 0 Å². The number of methoxy groups -OCH3 is 1. The number of ether oxygens (including phenoxy) is 1. The Hall–Kier alpha value is -2.98. The van der Waals surface area contributed by atoms with Gasteiger partial charge in [-0.15, -0.1) is 0 Å². The number of aromatic nitrogens is 3. The van der Waals surface area contributed by atoms with Crippen LogP contribution in [0.15, 0.2) is 53.7 Å². The van der Waals surface area contributed by atoms with Gasteiger partial charge in [-0.3, -0.25) is 4.79 Å². The van der Waals surface area contributed by atoms with Crippen LogP contribution in [0.3, 0.4) is 0 Å². The van der Waals surface area contributed by atoms with Crippen molar-refractivity contribution in [2.24, 2.45) is 0 Å². The van der Waals surface area contributed by atoms with Gasteiger partial charge < -0.3 is 10.5 Å². The molecule has 25 heavy (non-hydrogen) atoms. The van der Waals surface area contributed by atoms with E-state index in [0.717, 1.165) is 6.20 Å². The molecular formula is C15H15N5O4S. The van der Waals surface area contributed by atoms with Crippen LogP contribution in [0.4, 0.5) is 5.82 Å². The molecule has 0 bridgehead atoms. The van der Waals surface area contributed by atoms with Gasteiger partial charge in [0.1, 0.15) is 5.82 Å². The maximum Gasteiger partial charge on any atom is 0.269 e. The zero-order valence-corrected chi connectivity index (χ0v) is 14.0. The highest BCUT2D eigenvalue weighted by atomic mass is 32.2. The number of nitrogens with two attached hydrogens (primary N) is 1. The summed E-state index contributed by atoms with van der Waals surface area (Å²) in [7, 11) is -2.88. The lowest BCUT2D eigenvalue weighted by Crippen LogP contribution is -2.35. The molecule has 0 saturated carbocycles. The number of amides is 1. The van der Waals surface area contributed by atoms with Crippen molar-refractivity contribution in [3.63, 3.8) is 0 Å². The molecule has 2 aromatic heterocycles. The number of hydrogen-bond donors (Lipinski definition) is 2. The van der Waals surface area contributed by atoms with Gasteiger partial charge in [-0.25, -0.2) is 22.6 Å². The first-order chi connectivity index (χ1) is 11.9. The summed E-state index contributed by atoms with van der Waals surface area (Å²) in [5, 5.41) is 3.89. The van der Waals surface area contributed by atoms with E-state index >= 15 is 0 Å². The molecule has 9 nitrogen and oxygen atoms in total. The van der Waals surface area contributed by atoms with E-state index in [4.69, 9.17) is 10.5 Å². The fourth-order valence-electron chi connectivity index (χ4n) is 2.31. The van der Waals surface area contributed by atoms with Crippen LogP contribution in [0.5, 0.6) is 0 Å². The van der Waals surface area contributed by atoms with E-state index in [9.17, 15) is 13.2 Å². The van der Waals surface area contributed by atoms with Crippen molar-refractivity contribution in [3.05, 3.63) is 54.4 Å². The molecular weight excluding hydrogens is 346 g/mol. The number of nitrogen functional groups attached to an aromatic ring is 1. The number of anilines is 1.